The molecule has 0 amide bonds. The Bertz CT molecular complexity index is 465. The number of pyridine rings is 1. The second-order valence-electron chi connectivity index (χ2n) is 5.07. The first-order valence-electron chi connectivity index (χ1n) is 6.23. The van der Waals surface area contributed by atoms with Gasteiger partial charge in [-0.25, -0.2) is 0 Å². The highest BCUT2D eigenvalue weighted by molar-refractivity contribution is 5.43. The Morgan fingerprint density at radius 1 is 1.33 bits per heavy atom. The summed E-state index contributed by atoms with van der Waals surface area (Å²) in [7, 11) is 2.17. The van der Waals surface area contributed by atoms with Gasteiger partial charge in [0.1, 0.15) is 0 Å². The van der Waals surface area contributed by atoms with Gasteiger partial charge in [0.2, 0.25) is 5.82 Å². The summed E-state index contributed by atoms with van der Waals surface area (Å²) in [6.07, 6.45) is 2.43. The molecule has 0 saturated carbocycles. The molecular weight excluding hydrogens is 232 g/mol. The number of anilines is 1. The smallest absolute Gasteiger partial charge is 0.358 e. The Balaban J connectivity index is 1.84. The van der Waals surface area contributed by atoms with Crippen molar-refractivity contribution in [3.8, 4) is 0 Å². The molecule has 2 aliphatic heterocycles. The maximum Gasteiger partial charge on any atom is 0.365 e. The summed E-state index contributed by atoms with van der Waals surface area (Å²) in [5.41, 5.74) is 0. The van der Waals surface area contributed by atoms with Gasteiger partial charge in [0.15, 0.2) is 0 Å². The quantitative estimate of drug-likeness (QED) is 0.582. The fraction of sp³-hybridized carbons (Fsp3) is 0.583. The van der Waals surface area contributed by atoms with Gasteiger partial charge in [-0.3, -0.25) is 4.90 Å². The van der Waals surface area contributed by atoms with E-state index in [1.165, 1.54) is 18.9 Å². The minimum atomic E-state index is -0.436. The monoisotopic (exact) mass is 248 g/mol. The SMILES string of the molecule is CN1C2CCC1CN(c1cccc([N+](=O)[O-])n1)C2. The zero-order valence-electron chi connectivity index (χ0n) is 10.3. The van der Waals surface area contributed by atoms with Gasteiger partial charge in [0.25, 0.3) is 0 Å². The predicted molar refractivity (Wildman–Crippen MR) is 67.7 cm³/mol. The van der Waals surface area contributed by atoms with Gasteiger partial charge < -0.3 is 15.0 Å². The van der Waals surface area contributed by atoms with Crippen LogP contribution in [0.15, 0.2) is 18.2 Å². The summed E-state index contributed by atoms with van der Waals surface area (Å²) in [6.45, 7) is 1.84. The normalized spacial score (nSPS) is 27.5. The summed E-state index contributed by atoms with van der Waals surface area (Å²) in [6, 6.07) is 6.13. The molecule has 2 unspecified atom stereocenters. The summed E-state index contributed by atoms with van der Waals surface area (Å²) in [4.78, 5) is 19.0. The zero-order chi connectivity index (χ0) is 12.7. The summed E-state index contributed by atoms with van der Waals surface area (Å²) >= 11 is 0. The third kappa shape index (κ3) is 1.82. The number of nitrogens with zero attached hydrogens (tertiary/aromatic N) is 4. The van der Waals surface area contributed by atoms with E-state index in [0.29, 0.717) is 12.1 Å². The second kappa shape index (κ2) is 4.20. The zero-order valence-corrected chi connectivity index (χ0v) is 10.3. The standard InChI is InChI=1S/C12H16N4O2/c1-14-9-5-6-10(14)8-15(7-9)11-3-2-4-12(13-11)16(17)18/h2-4,9-10H,5-8H2,1H3. The van der Waals surface area contributed by atoms with E-state index in [1.807, 2.05) is 6.07 Å². The van der Waals surface area contributed by atoms with Crippen molar-refractivity contribution in [2.24, 2.45) is 0 Å². The Hall–Kier alpha value is -1.69. The highest BCUT2D eigenvalue weighted by atomic mass is 16.6. The molecule has 6 nitrogen and oxygen atoms in total. The van der Waals surface area contributed by atoms with Crippen LogP contribution in [-0.2, 0) is 0 Å². The average Bonchev–Trinajstić information content (AvgIpc) is 2.61. The van der Waals surface area contributed by atoms with E-state index in [2.05, 4.69) is 21.8 Å². The molecule has 6 heteroatoms. The maximum absolute atomic E-state index is 10.7. The van der Waals surface area contributed by atoms with Gasteiger partial charge in [-0.05, 0) is 35.9 Å². The van der Waals surface area contributed by atoms with Crippen LogP contribution in [-0.4, -0.2) is 47.0 Å². The van der Waals surface area contributed by atoms with E-state index in [4.69, 9.17) is 0 Å². The molecule has 0 aliphatic carbocycles. The lowest BCUT2D eigenvalue weighted by molar-refractivity contribution is -0.389. The molecular formula is C12H16N4O2. The molecule has 96 valence electrons. The number of aromatic nitrogens is 1. The topological polar surface area (TPSA) is 62.5 Å². The summed E-state index contributed by atoms with van der Waals surface area (Å²) in [5, 5.41) is 10.7. The van der Waals surface area contributed by atoms with Crippen LogP contribution < -0.4 is 4.90 Å². The molecule has 0 N–H and O–H groups in total. The van der Waals surface area contributed by atoms with Crippen molar-refractivity contribution >= 4 is 11.6 Å². The molecule has 2 atom stereocenters. The number of rotatable bonds is 2. The van der Waals surface area contributed by atoms with E-state index in [9.17, 15) is 10.1 Å². The molecule has 1 aromatic rings. The third-order valence-corrected chi connectivity index (χ3v) is 4.08. The molecule has 3 rings (SSSR count). The van der Waals surface area contributed by atoms with Crippen molar-refractivity contribution < 1.29 is 4.92 Å². The molecule has 2 bridgehead atoms. The van der Waals surface area contributed by atoms with Crippen molar-refractivity contribution in [2.45, 2.75) is 24.9 Å². The van der Waals surface area contributed by atoms with Crippen molar-refractivity contribution in [1.29, 1.82) is 0 Å². The van der Waals surface area contributed by atoms with E-state index >= 15 is 0 Å². The fourth-order valence-electron chi connectivity index (χ4n) is 2.99. The van der Waals surface area contributed by atoms with Crippen molar-refractivity contribution in [3.05, 3.63) is 28.3 Å². The number of nitro groups is 1. The molecule has 2 saturated heterocycles. The molecule has 0 spiro atoms. The summed E-state index contributed by atoms with van der Waals surface area (Å²) < 4.78 is 0. The van der Waals surface area contributed by atoms with Crippen LogP contribution in [0.2, 0.25) is 0 Å². The molecule has 2 fully saturated rings. The minimum absolute atomic E-state index is 0.0706. The number of hydrogen-bond acceptors (Lipinski definition) is 5. The van der Waals surface area contributed by atoms with Crippen LogP contribution in [0.5, 0.6) is 0 Å². The molecule has 18 heavy (non-hydrogen) atoms. The average molecular weight is 248 g/mol. The molecule has 1 aromatic heterocycles. The highest BCUT2D eigenvalue weighted by Gasteiger charge is 2.38. The Labute approximate surface area is 105 Å². The van der Waals surface area contributed by atoms with Crippen LogP contribution in [0.1, 0.15) is 12.8 Å². The lowest BCUT2D eigenvalue weighted by Gasteiger charge is -2.38. The number of piperazine rings is 1. The van der Waals surface area contributed by atoms with E-state index in [0.717, 1.165) is 18.9 Å². The molecule has 3 heterocycles. The van der Waals surface area contributed by atoms with E-state index in [1.54, 1.807) is 6.07 Å². The maximum atomic E-state index is 10.7. The lowest BCUT2D eigenvalue weighted by atomic mass is 10.2. The number of fused-ring (bicyclic) bond motifs is 2. The van der Waals surface area contributed by atoms with Crippen LogP contribution in [0.3, 0.4) is 0 Å². The van der Waals surface area contributed by atoms with Gasteiger partial charge in [0.05, 0.1) is 0 Å². The van der Waals surface area contributed by atoms with Gasteiger partial charge >= 0.3 is 5.82 Å². The van der Waals surface area contributed by atoms with Gasteiger partial charge in [-0.2, -0.15) is 0 Å². The van der Waals surface area contributed by atoms with Crippen molar-refractivity contribution in [1.82, 2.24) is 9.88 Å². The first-order chi connectivity index (χ1) is 8.65. The number of hydrogen-bond donors (Lipinski definition) is 0. The van der Waals surface area contributed by atoms with Gasteiger partial charge in [-0.1, -0.05) is 0 Å². The van der Waals surface area contributed by atoms with Gasteiger partial charge in [0, 0.05) is 37.3 Å². The Morgan fingerprint density at radius 2 is 2.00 bits per heavy atom. The predicted octanol–water partition coefficient (Wildman–Crippen LogP) is 1.27. The van der Waals surface area contributed by atoms with Crippen LogP contribution >= 0.6 is 0 Å². The first kappa shape index (κ1) is 11.4. The van der Waals surface area contributed by atoms with Crippen molar-refractivity contribution in [2.75, 3.05) is 25.0 Å². The largest absolute Gasteiger partial charge is 0.365 e. The van der Waals surface area contributed by atoms with E-state index in [-0.39, 0.29) is 5.82 Å². The molecule has 0 radical (unpaired) electrons. The summed E-state index contributed by atoms with van der Waals surface area (Å²) in [5.74, 6) is 0.660. The van der Waals surface area contributed by atoms with E-state index < -0.39 is 4.92 Å². The van der Waals surface area contributed by atoms with Gasteiger partial charge in [-0.15, -0.1) is 0 Å². The first-order valence-corrected chi connectivity index (χ1v) is 6.23. The fourth-order valence-corrected chi connectivity index (χ4v) is 2.99. The molecule has 2 aliphatic rings. The third-order valence-electron chi connectivity index (χ3n) is 4.08. The van der Waals surface area contributed by atoms with Crippen LogP contribution in [0.25, 0.3) is 0 Å². The van der Waals surface area contributed by atoms with Crippen LogP contribution in [0.4, 0.5) is 11.6 Å². The lowest BCUT2D eigenvalue weighted by Crippen LogP contribution is -2.52. The Kier molecular flexibility index (Phi) is 2.66. The number of likely N-dealkylation sites (N-methyl/N-ethyl adjacent to an activating group) is 1. The van der Waals surface area contributed by atoms with Crippen LogP contribution in [0, 0.1) is 10.1 Å². The highest BCUT2D eigenvalue weighted by Crippen LogP contribution is 2.30. The Morgan fingerprint density at radius 3 is 2.61 bits per heavy atom. The van der Waals surface area contributed by atoms with Crippen molar-refractivity contribution in [3.63, 3.8) is 0 Å². The second-order valence-corrected chi connectivity index (χ2v) is 5.07. The minimum Gasteiger partial charge on any atom is -0.358 e. The molecule has 0 aromatic carbocycles.